The number of carbonyl (C=O) groups is 1. The highest BCUT2D eigenvalue weighted by Crippen LogP contribution is 2.14. The summed E-state index contributed by atoms with van der Waals surface area (Å²) in [6.07, 6.45) is 21.8. The number of unbranched alkanes of at least 4 members (excludes halogenated alkanes) is 12. The van der Waals surface area contributed by atoms with Crippen molar-refractivity contribution in [1.82, 2.24) is 15.0 Å². The summed E-state index contributed by atoms with van der Waals surface area (Å²) in [5.74, 6) is 0.0550. The third kappa shape index (κ3) is 8.37. The first-order valence-electron chi connectivity index (χ1n) is 11.3. The van der Waals surface area contributed by atoms with Crippen LogP contribution in [0.5, 0.6) is 0 Å². The molecule has 1 aromatic heterocycles. The van der Waals surface area contributed by atoms with Gasteiger partial charge in [-0.1, -0.05) is 93.7 Å². The molecule has 0 saturated carbocycles. The summed E-state index contributed by atoms with van der Waals surface area (Å²) in [5.41, 5.74) is 1.59. The van der Waals surface area contributed by atoms with E-state index in [1.54, 1.807) is 0 Å². The molecule has 154 valence electrons. The molecular weight excluding hydrogens is 346 g/mol. The van der Waals surface area contributed by atoms with Crippen LogP contribution < -0.4 is 0 Å². The summed E-state index contributed by atoms with van der Waals surface area (Å²) in [5, 5.41) is 8.05. The fourth-order valence-electron chi connectivity index (χ4n) is 3.63. The van der Waals surface area contributed by atoms with Gasteiger partial charge in [0.2, 0.25) is 5.91 Å². The number of rotatable bonds is 15. The van der Waals surface area contributed by atoms with Crippen LogP contribution in [0.4, 0.5) is 0 Å². The van der Waals surface area contributed by atoms with Gasteiger partial charge in [0.15, 0.2) is 0 Å². The van der Waals surface area contributed by atoms with Crippen molar-refractivity contribution in [2.24, 2.45) is 0 Å². The summed E-state index contributed by atoms with van der Waals surface area (Å²) in [4.78, 5) is 12.3. The van der Waals surface area contributed by atoms with Gasteiger partial charge in [0.1, 0.15) is 5.52 Å². The normalized spacial score (nSPS) is 11.6. The van der Waals surface area contributed by atoms with Crippen molar-refractivity contribution >= 4 is 16.9 Å². The maximum Gasteiger partial charge on any atom is 0.248 e. The number of allylic oxidation sites excluding steroid dienone is 2. The van der Waals surface area contributed by atoms with E-state index in [4.69, 9.17) is 0 Å². The van der Waals surface area contributed by atoms with E-state index in [2.05, 4.69) is 29.4 Å². The van der Waals surface area contributed by atoms with Crippen LogP contribution in [-0.4, -0.2) is 20.9 Å². The molecule has 0 N–H and O–H groups in total. The second-order valence-corrected chi connectivity index (χ2v) is 7.73. The van der Waals surface area contributed by atoms with E-state index in [1.165, 1.54) is 75.3 Å². The summed E-state index contributed by atoms with van der Waals surface area (Å²) < 4.78 is 1.45. The highest BCUT2D eigenvalue weighted by molar-refractivity contribution is 5.88. The van der Waals surface area contributed by atoms with Crippen LogP contribution >= 0.6 is 0 Å². The third-order valence-electron chi connectivity index (χ3n) is 5.34. The summed E-state index contributed by atoms with van der Waals surface area (Å²) in [6.45, 7) is 2.10. The number of fused-ring (bicyclic) bond motifs is 1. The van der Waals surface area contributed by atoms with Gasteiger partial charge >= 0.3 is 0 Å². The molecule has 28 heavy (non-hydrogen) atoms. The minimum absolute atomic E-state index is 0.0550. The molecule has 0 atom stereocenters. The second-order valence-electron chi connectivity index (χ2n) is 7.73. The van der Waals surface area contributed by atoms with Gasteiger partial charge in [0.05, 0.1) is 5.52 Å². The molecular formula is C24H37N3O. The monoisotopic (exact) mass is 383 g/mol. The van der Waals surface area contributed by atoms with Crippen LogP contribution in [0.15, 0.2) is 36.4 Å². The van der Waals surface area contributed by atoms with Crippen molar-refractivity contribution in [1.29, 1.82) is 0 Å². The first-order valence-corrected chi connectivity index (χ1v) is 11.3. The molecule has 4 nitrogen and oxygen atoms in total. The van der Waals surface area contributed by atoms with Crippen LogP contribution in [0.2, 0.25) is 0 Å². The molecule has 4 heteroatoms. The molecule has 1 aromatic carbocycles. The van der Waals surface area contributed by atoms with Crippen LogP contribution in [0, 0.1) is 0 Å². The zero-order valence-corrected chi connectivity index (χ0v) is 17.6. The Morgan fingerprint density at radius 1 is 0.857 bits per heavy atom. The average Bonchev–Trinajstić information content (AvgIpc) is 3.15. The predicted molar refractivity (Wildman–Crippen MR) is 118 cm³/mol. The predicted octanol–water partition coefficient (Wildman–Crippen LogP) is 7.11. The van der Waals surface area contributed by atoms with Gasteiger partial charge < -0.3 is 0 Å². The molecule has 0 bridgehead atoms. The maximum atomic E-state index is 12.3. The van der Waals surface area contributed by atoms with Crippen LogP contribution in [0.1, 0.15) is 102 Å². The van der Waals surface area contributed by atoms with Crippen LogP contribution in [-0.2, 0) is 0 Å². The summed E-state index contributed by atoms with van der Waals surface area (Å²) >= 11 is 0. The fraction of sp³-hybridized carbons (Fsp3) is 0.625. The highest BCUT2D eigenvalue weighted by atomic mass is 16.2. The second kappa shape index (κ2) is 14.1. The lowest BCUT2D eigenvalue weighted by atomic mass is 10.0. The lowest BCUT2D eigenvalue weighted by Crippen LogP contribution is -2.12. The lowest BCUT2D eigenvalue weighted by molar-refractivity contribution is 0.0886. The summed E-state index contributed by atoms with van der Waals surface area (Å²) in [7, 11) is 0. The molecule has 1 heterocycles. The topological polar surface area (TPSA) is 47.8 Å². The van der Waals surface area contributed by atoms with E-state index in [0.717, 1.165) is 23.9 Å². The smallest absolute Gasteiger partial charge is 0.248 e. The number of benzene rings is 1. The first-order chi connectivity index (χ1) is 13.8. The van der Waals surface area contributed by atoms with Gasteiger partial charge in [0.25, 0.3) is 0 Å². The van der Waals surface area contributed by atoms with Crippen LogP contribution in [0.25, 0.3) is 11.0 Å². The van der Waals surface area contributed by atoms with E-state index in [9.17, 15) is 4.79 Å². The molecule has 0 aliphatic carbocycles. The number of hydrogen-bond donors (Lipinski definition) is 0. The lowest BCUT2D eigenvalue weighted by Gasteiger charge is -2.03. The van der Waals surface area contributed by atoms with E-state index in [0.29, 0.717) is 6.42 Å². The Hall–Kier alpha value is -1.97. The minimum atomic E-state index is 0.0550. The molecule has 2 rings (SSSR count). The highest BCUT2D eigenvalue weighted by Gasteiger charge is 2.10. The number of aromatic nitrogens is 3. The van der Waals surface area contributed by atoms with Gasteiger partial charge in [-0.3, -0.25) is 4.79 Å². The molecule has 0 aliphatic heterocycles. The van der Waals surface area contributed by atoms with Gasteiger partial charge in [-0.05, 0) is 38.3 Å². The Morgan fingerprint density at radius 3 is 2.07 bits per heavy atom. The van der Waals surface area contributed by atoms with Crippen molar-refractivity contribution < 1.29 is 4.79 Å². The van der Waals surface area contributed by atoms with Gasteiger partial charge in [-0.25, -0.2) is 0 Å². The Kier molecular flexibility index (Phi) is 11.2. The Morgan fingerprint density at radius 2 is 1.43 bits per heavy atom. The molecule has 0 amide bonds. The number of para-hydroxylation sites is 1. The zero-order valence-electron chi connectivity index (χ0n) is 17.6. The Bertz CT molecular complexity index is 705. The van der Waals surface area contributed by atoms with Gasteiger partial charge in [-0.15, -0.1) is 5.10 Å². The maximum absolute atomic E-state index is 12.3. The number of nitrogens with zero attached hydrogens (tertiary/aromatic N) is 3. The van der Waals surface area contributed by atoms with Gasteiger partial charge in [0, 0.05) is 6.42 Å². The van der Waals surface area contributed by atoms with Crippen molar-refractivity contribution in [2.75, 3.05) is 0 Å². The summed E-state index contributed by atoms with van der Waals surface area (Å²) in [6, 6.07) is 7.62. The van der Waals surface area contributed by atoms with E-state index in [1.807, 2.05) is 24.3 Å². The zero-order chi connectivity index (χ0) is 19.9. The Balaban J connectivity index is 1.40. The van der Waals surface area contributed by atoms with Crippen LogP contribution in [0.3, 0.4) is 0 Å². The average molecular weight is 384 g/mol. The van der Waals surface area contributed by atoms with Crippen molar-refractivity contribution in [2.45, 2.75) is 96.8 Å². The third-order valence-corrected chi connectivity index (χ3v) is 5.34. The Labute approximate surface area is 170 Å². The number of hydrogen-bond acceptors (Lipinski definition) is 3. The van der Waals surface area contributed by atoms with Crippen molar-refractivity contribution in [3.63, 3.8) is 0 Å². The number of carbonyl (C=O) groups excluding carboxylic acids is 1. The molecule has 0 spiro atoms. The molecule has 0 fully saturated rings. The quantitative estimate of drug-likeness (QED) is 0.243. The van der Waals surface area contributed by atoms with E-state index < -0.39 is 0 Å². The molecule has 0 radical (unpaired) electrons. The van der Waals surface area contributed by atoms with E-state index in [-0.39, 0.29) is 5.91 Å². The first kappa shape index (κ1) is 22.3. The van der Waals surface area contributed by atoms with E-state index >= 15 is 0 Å². The molecule has 0 aliphatic rings. The largest absolute Gasteiger partial charge is 0.273 e. The van der Waals surface area contributed by atoms with Gasteiger partial charge in [-0.2, -0.15) is 4.68 Å². The van der Waals surface area contributed by atoms with Crippen molar-refractivity contribution in [3.8, 4) is 0 Å². The minimum Gasteiger partial charge on any atom is -0.273 e. The molecule has 0 saturated heterocycles. The molecule has 0 unspecified atom stereocenters. The van der Waals surface area contributed by atoms with Crippen molar-refractivity contribution in [3.05, 3.63) is 36.4 Å². The SMILES string of the molecule is C/C=C/CCCCCCCCCCCCCCC(=O)n1nnc2ccccc21. The molecule has 2 aromatic rings. The fourth-order valence-corrected chi connectivity index (χ4v) is 3.63. The standard InChI is InChI=1S/C24H37N3O/c1-2-3-4-5-6-7-8-9-10-11-12-13-14-15-16-21-24(28)27-23-20-18-17-19-22(23)25-26-27/h2-3,17-20H,4-16,21H2,1H3/b3-2+.